The van der Waals surface area contributed by atoms with Crippen molar-refractivity contribution < 1.29 is 4.79 Å². The molecule has 7 heteroatoms. The fourth-order valence-electron chi connectivity index (χ4n) is 4.46. The second-order valence-corrected chi connectivity index (χ2v) is 8.13. The first-order chi connectivity index (χ1) is 14.2. The van der Waals surface area contributed by atoms with Crippen LogP contribution in [0.25, 0.3) is 11.0 Å². The van der Waals surface area contributed by atoms with Crippen LogP contribution in [0.3, 0.4) is 0 Å². The van der Waals surface area contributed by atoms with Crippen molar-refractivity contribution in [3.63, 3.8) is 0 Å². The van der Waals surface area contributed by atoms with E-state index in [1.807, 2.05) is 35.4 Å². The molecule has 7 nitrogen and oxygen atoms in total. The van der Waals surface area contributed by atoms with Crippen molar-refractivity contribution in [3.8, 4) is 0 Å². The minimum absolute atomic E-state index is 0.00290. The number of benzene rings is 1. The third-order valence-electron chi connectivity index (χ3n) is 6.03. The van der Waals surface area contributed by atoms with E-state index >= 15 is 0 Å². The smallest absolute Gasteiger partial charge is 0.223 e. The van der Waals surface area contributed by atoms with Gasteiger partial charge in [-0.3, -0.25) is 4.79 Å². The fraction of sp³-hybridized carbons (Fsp3) is 0.455. The first-order valence-electron chi connectivity index (χ1n) is 10.4. The lowest BCUT2D eigenvalue weighted by atomic mass is 10.1. The van der Waals surface area contributed by atoms with Gasteiger partial charge in [0.05, 0.1) is 17.1 Å². The second kappa shape index (κ2) is 7.55. The number of fused-ring (bicyclic) bond motifs is 2. The maximum atomic E-state index is 13.0. The van der Waals surface area contributed by atoms with Gasteiger partial charge in [0.2, 0.25) is 5.91 Å². The lowest BCUT2D eigenvalue weighted by Gasteiger charge is -2.27. The van der Waals surface area contributed by atoms with Gasteiger partial charge in [0.25, 0.3) is 0 Å². The summed E-state index contributed by atoms with van der Waals surface area (Å²) in [5.74, 6) is 1.83. The summed E-state index contributed by atoms with van der Waals surface area (Å²) < 4.78 is 0. The summed E-state index contributed by atoms with van der Waals surface area (Å²) in [6.07, 6.45) is 5.93. The van der Waals surface area contributed by atoms with Crippen molar-refractivity contribution in [2.45, 2.75) is 44.7 Å². The molecule has 0 spiro atoms. The van der Waals surface area contributed by atoms with E-state index in [2.05, 4.69) is 26.9 Å². The molecule has 0 bridgehead atoms. The third kappa shape index (κ3) is 3.62. The molecule has 5 rings (SSSR count). The molecular formula is C22H26N6O. The average molecular weight is 390 g/mol. The summed E-state index contributed by atoms with van der Waals surface area (Å²) >= 11 is 0. The van der Waals surface area contributed by atoms with E-state index in [4.69, 9.17) is 4.98 Å². The number of aromatic amines is 1. The number of hydrogen-bond donors (Lipinski definition) is 1. The summed E-state index contributed by atoms with van der Waals surface area (Å²) in [4.78, 5) is 34.6. The molecule has 0 unspecified atom stereocenters. The van der Waals surface area contributed by atoms with E-state index in [1.165, 1.54) is 5.56 Å². The first-order valence-corrected chi connectivity index (χ1v) is 10.4. The molecule has 0 saturated carbocycles. The van der Waals surface area contributed by atoms with E-state index in [-0.39, 0.29) is 11.9 Å². The van der Waals surface area contributed by atoms with Gasteiger partial charge in [-0.2, -0.15) is 0 Å². The van der Waals surface area contributed by atoms with Crippen molar-refractivity contribution >= 4 is 16.9 Å². The topological polar surface area (TPSA) is 78.0 Å². The monoisotopic (exact) mass is 390 g/mol. The number of likely N-dealkylation sites (N-methyl/N-ethyl adjacent to an activating group) is 1. The predicted octanol–water partition coefficient (Wildman–Crippen LogP) is 2.64. The number of H-pyrrole nitrogens is 1. The number of hydrogen-bond acceptors (Lipinski definition) is 5. The quantitative estimate of drug-likeness (QED) is 0.741. The van der Waals surface area contributed by atoms with Crippen LogP contribution in [0.5, 0.6) is 0 Å². The summed E-state index contributed by atoms with van der Waals surface area (Å²) in [5, 5.41) is 0. The van der Waals surface area contributed by atoms with Gasteiger partial charge in [-0.15, -0.1) is 0 Å². The number of amides is 1. The molecule has 1 aromatic carbocycles. The minimum atomic E-state index is 0.00290. The van der Waals surface area contributed by atoms with Gasteiger partial charge in [-0.1, -0.05) is 12.1 Å². The second-order valence-electron chi connectivity index (χ2n) is 8.13. The highest BCUT2D eigenvalue weighted by atomic mass is 16.2. The molecule has 1 fully saturated rings. The predicted molar refractivity (Wildman–Crippen MR) is 110 cm³/mol. The van der Waals surface area contributed by atoms with Crippen molar-refractivity contribution in [2.24, 2.45) is 0 Å². The molecule has 150 valence electrons. The highest BCUT2D eigenvalue weighted by Crippen LogP contribution is 2.31. The fourth-order valence-corrected chi connectivity index (χ4v) is 4.46. The normalized spacial score (nSPS) is 19.6. The van der Waals surface area contributed by atoms with E-state index in [0.717, 1.165) is 67.3 Å². The average Bonchev–Trinajstić information content (AvgIpc) is 3.38. The zero-order chi connectivity index (χ0) is 19.8. The van der Waals surface area contributed by atoms with Gasteiger partial charge < -0.3 is 14.8 Å². The molecule has 1 N–H and O–H groups in total. The minimum Gasteiger partial charge on any atom is -0.342 e. The first kappa shape index (κ1) is 18.2. The Kier molecular flexibility index (Phi) is 4.75. The van der Waals surface area contributed by atoms with Crippen molar-refractivity contribution in [2.75, 3.05) is 20.1 Å². The Hall–Kier alpha value is -2.80. The van der Waals surface area contributed by atoms with Crippen LogP contribution >= 0.6 is 0 Å². The number of imidazole rings is 1. The summed E-state index contributed by atoms with van der Waals surface area (Å²) in [6, 6.07) is 7.96. The van der Waals surface area contributed by atoms with Crippen LogP contribution in [0.15, 0.2) is 30.5 Å². The summed E-state index contributed by atoms with van der Waals surface area (Å²) in [6.45, 7) is 2.71. The molecule has 4 heterocycles. The zero-order valence-electron chi connectivity index (χ0n) is 16.8. The van der Waals surface area contributed by atoms with E-state index in [1.54, 1.807) is 0 Å². The molecule has 0 radical (unpaired) electrons. The molecule has 1 amide bonds. The van der Waals surface area contributed by atoms with Crippen molar-refractivity contribution in [1.82, 2.24) is 29.7 Å². The van der Waals surface area contributed by atoms with Crippen molar-refractivity contribution in [3.05, 3.63) is 53.4 Å². The molecule has 3 aromatic rings. The van der Waals surface area contributed by atoms with E-state index < -0.39 is 0 Å². The van der Waals surface area contributed by atoms with Gasteiger partial charge in [-0.25, -0.2) is 15.0 Å². The van der Waals surface area contributed by atoms with E-state index in [9.17, 15) is 4.79 Å². The van der Waals surface area contributed by atoms with Crippen LogP contribution in [0.4, 0.5) is 0 Å². The number of para-hydroxylation sites is 2. The molecule has 1 atom stereocenters. The van der Waals surface area contributed by atoms with Crippen LogP contribution in [0.1, 0.15) is 48.2 Å². The van der Waals surface area contributed by atoms with Gasteiger partial charge >= 0.3 is 0 Å². The molecule has 2 aliphatic heterocycles. The lowest BCUT2D eigenvalue weighted by molar-refractivity contribution is -0.132. The Balaban J connectivity index is 1.28. The number of aromatic nitrogens is 4. The largest absolute Gasteiger partial charge is 0.342 e. The Bertz CT molecular complexity index is 1010. The number of aryl methyl sites for hydroxylation is 1. The molecule has 0 aliphatic carbocycles. The molecular weight excluding hydrogens is 364 g/mol. The number of nitrogens with one attached hydrogen (secondary N) is 1. The SMILES string of the molecule is CN1CCc2nc([C@H]3CCCN3C(=O)CCc3nc4ccccc4[nH]3)ncc2C1. The Labute approximate surface area is 170 Å². The lowest BCUT2D eigenvalue weighted by Crippen LogP contribution is -2.33. The number of rotatable bonds is 4. The van der Waals surface area contributed by atoms with Gasteiger partial charge in [0, 0.05) is 56.4 Å². The third-order valence-corrected chi connectivity index (χ3v) is 6.03. The number of nitrogens with zero attached hydrogens (tertiary/aromatic N) is 5. The number of carbonyl (C=O) groups excluding carboxylic acids is 1. The Morgan fingerprint density at radius 2 is 2.14 bits per heavy atom. The van der Waals surface area contributed by atoms with Crippen LogP contribution < -0.4 is 0 Å². The van der Waals surface area contributed by atoms with Crippen LogP contribution in [0, 0.1) is 0 Å². The highest BCUT2D eigenvalue weighted by Gasteiger charge is 2.32. The summed E-state index contributed by atoms with van der Waals surface area (Å²) in [5.41, 5.74) is 4.32. The molecule has 2 aromatic heterocycles. The van der Waals surface area contributed by atoms with Crippen molar-refractivity contribution in [1.29, 1.82) is 0 Å². The Morgan fingerprint density at radius 1 is 1.24 bits per heavy atom. The van der Waals surface area contributed by atoms with Gasteiger partial charge in [-0.05, 0) is 32.0 Å². The van der Waals surface area contributed by atoms with Crippen LogP contribution in [-0.4, -0.2) is 55.8 Å². The summed E-state index contributed by atoms with van der Waals surface area (Å²) in [7, 11) is 2.12. The molecule has 2 aliphatic rings. The zero-order valence-corrected chi connectivity index (χ0v) is 16.8. The number of likely N-dealkylation sites (tertiary alicyclic amines) is 1. The standard InChI is InChI=1S/C22H26N6O/c1-27-12-10-16-15(14-27)13-23-22(26-16)19-7-4-11-28(19)21(29)9-8-20-24-17-5-2-3-6-18(17)25-20/h2-3,5-6,13,19H,4,7-12,14H2,1H3,(H,24,25)/t19-/m1/s1. The Morgan fingerprint density at radius 3 is 3.03 bits per heavy atom. The maximum absolute atomic E-state index is 13.0. The van der Waals surface area contributed by atoms with Crippen LogP contribution in [0.2, 0.25) is 0 Å². The maximum Gasteiger partial charge on any atom is 0.223 e. The van der Waals surface area contributed by atoms with Gasteiger partial charge in [0.1, 0.15) is 5.82 Å². The van der Waals surface area contributed by atoms with E-state index in [0.29, 0.717) is 12.8 Å². The van der Waals surface area contributed by atoms with Gasteiger partial charge in [0.15, 0.2) is 5.82 Å². The molecule has 29 heavy (non-hydrogen) atoms. The highest BCUT2D eigenvalue weighted by molar-refractivity contribution is 5.78. The van der Waals surface area contributed by atoms with Crippen LogP contribution in [-0.2, 0) is 24.2 Å². The number of carbonyl (C=O) groups is 1. The molecule has 1 saturated heterocycles.